The first-order chi connectivity index (χ1) is 8.41. The van der Waals surface area contributed by atoms with E-state index in [1.165, 1.54) is 5.56 Å². The molecular formula is C13H13BrN2O2. The number of aromatic carboxylic acids is 1. The minimum absolute atomic E-state index is 0.157. The van der Waals surface area contributed by atoms with Gasteiger partial charge in [-0.3, -0.25) is 0 Å². The molecule has 94 valence electrons. The molecular weight excluding hydrogens is 296 g/mol. The molecule has 0 atom stereocenters. The van der Waals surface area contributed by atoms with Gasteiger partial charge in [0.2, 0.25) is 0 Å². The van der Waals surface area contributed by atoms with Crippen LogP contribution in [0.15, 0.2) is 22.8 Å². The van der Waals surface area contributed by atoms with Crippen molar-refractivity contribution < 1.29 is 9.90 Å². The highest BCUT2D eigenvalue weighted by molar-refractivity contribution is 9.10. The second-order valence-electron chi connectivity index (χ2n) is 4.26. The van der Waals surface area contributed by atoms with Gasteiger partial charge in [0.25, 0.3) is 0 Å². The smallest absolute Gasteiger partial charge is 0.355 e. The van der Waals surface area contributed by atoms with Crippen molar-refractivity contribution >= 4 is 21.9 Å². The fourth-order valence-electron chi connectivity index (χ4n) is 2.00. The van der Waals surface area contributed by atoms with E-state index in [0.717, 1.165) is 11.1 Å². The van der Waals surface area contributed by atoms with Crippen LogP contribution in [0.25, 0.3) is 11.4 Å². The van der Waals surface area contributed by atoms with E-state index in [1.807, 2.05) is 26.0 Å². The number of carboxylic acids is 1. The topological polar surface area (TPSA) is 55.1 Å². The van der Waals surface area contributed by atoms with Gasteiger partial charge in [-0.15, -0.1) is 0 Å². The van der Waals surface area contributed by atoms with Gasteiger partial charge in [0.05, 0.1) is 0 Å². The van der Waals surface area contributed by atoms with Crippen molar-refractivity contribution in [1.29, 1.82) is 0 Å². The molecule has 0 aliphatic carbocycles. The molecule has 0 radical (unpaired) electrons. The normalized spacial score (nSPS) is 10.7. The lowest BCUT2D eigenvalue weighted by molar-refractivity contribution is 0.0685. The Morgan fingerprint density at radius 2 is 2.06 bits per heavy atom. The molecule has 0 unspecified atom stereocenters. The lowest BCUT2D eigenvalue weighted by Crippen LogP contribution is -2.06. The maximum Gasteiger partial charge on any atom is 0.355 e. The number of nitrogens with zero attached hydrogens (tertiary/aromatic N) is 2. The molecule has 5 heteroatoms. The molecule has 0 fully saturated rings. The van der Waals surface area contributed by atoms with Gasteiger partial charge in [-0.05, 0) is 35.3 Å². The van der Waals surface area contributed by atoms with Gasteiger partial charge < -0.3 is 9.67 Å². The predicted octanol–water partition coefficient (Wildman–Crippen LogP) is 3.16. The third kappa shape index (κ3) is 2.06. The summed E-state index contributed by atoms with van der Waals surface area (Å²) in [6.45, 7) is 4.01. The molecule has 0 spiro atoms. The second kappa shape index (κ2) is 4.57. The Balaban J connectivity index is 2.65. The first-order valence-corrected chi connectivity index (χ1v) is 6.24. The number of hydrogen-bond donors (Lipinski definition) is 1. The maximum absolute atomic E-state index is 11.1. The molecule has 0 saturated heterocycles. The van der Waals surface area contributed by atoms with Crippen LogP contribution in [0, 0.1) is 13.8 Å². The Kier molecular flexibility index (Phi) is 3.26. The summed E-state index contributed by atoms with van der Waals surface area (Å²) in [5, 5.41) is 9.13. The number of hydrogen-bond acceptors (Lipinski definition) is 2. The molecule has 0 amide bonds. The fourth-order valence-corrected chi connectivity index (χ4v) is 2.61. The number of benzene rings is 1. The quantitative estimate of drug-likeness (QED) is 0.927. The van der Waals surface area contributed by atoms with Gasteiger partial charge in [0.1, 0.15) is 10.4 Å². The summed E-state index contributed by atoms with van der Waals surface area (Å²) >= 11 is 3.19. The Hall–Kier alpha value is -1.62. The standard InChI is InChI=1S/C13H13BrN2O2/c1-7-4-5-9(8(2)6-7)12-15-11(14)10(13(17)18)16(12)3/h4-6H,1-3H3,(H,17,18). The van der Waals surface area contributed by atoms with Gasteiger partial charge in [-0.1, -0.05) is 23.8 Å². The van der Waals surface area contributed by atoms with E-state index in [4.69, 9.17) is 5.11 Å². The van der Waals surface area contributed by atoms with E-state index < -0.39 is 5.97 Å². The highest BCUT2D eigenvalue weighted by Crippen LogP contribution is 2.27. The van der Waals surface area contributed by atoms with Crippen LogP contribution in [0.5, 0.6) is 0 Å². The van der Waals surface area contributed by atoms with Gasteiger partial charge in [0, 0.05) is 12.6 Å². The zero-order chi connectivity index (χ0) is 13.4. The number of aromatic nitrogens is 2. The number of carboxylic acid groups (broad SMARTS) is 1. The van der Waals surface area contributed by atoms with E-state index >= 15 is 0 Å². The average molecular weight is 309 g/mol. The van der Waals surface area contributed by atoms with E-state index in [9.17, 15) is 4.79 Å². The lowest BCUT2D eigenvalue weighted by atomic mass is 10.1. The predicted molar refractivity (Wildman–Crippen MR) is 72.8 cm³/mol. The van der Waals surface area contributed by atoms with Crippen molar-refractivity contribution in [1.82, 2.24) is 9.55 Å². The summed E-state index contributed by atoms with van der Waals surface area (Å²) in [4.78, 5) is 15.4. The van der Waals surface area contributed by atoms with Crippen LogP contribution in [0.4, 0.5) is 0 Å². The Labute approximate surface area is 113 Å². The van der Waals surface area contributed by atoms with Crippen LogP contribution in [-0.2, 0) is 7.05 Å². The van der Waals surface area contributed by atoms with Crippen LogP contribution in [0.1, 0.15) is 21.6 Å². The lowest BCUT2D eigenvalue weighted by Gasteiger charge is -2.07. The van der Waals surface area contributed by atoms with Crippen molar-refractivity contribution in [2.24, 2.45) is 7.05 Å². The van der Waals surface area contributed by atoms with E-state index in [0.29, 0.717) is 10.4 Å². The molecule has 0 saturated carbocycles. The van der Waals surface area contributed by atoms with Crippen molar-refractivity contribution in [2.45, 2.75) is 13.8 Å². The van der Waals surface area contributed by atoms with Gasteiger partial charge in [-0.25, -0.2) is 9.78 Å². The Morgan fingerprint density at radius 1 is 1.39 bits per heavy atom. The highest BCUT2D eigenvalue weighted by Gasteiger charge is 2.20. The second-order valence-corrected chi connectivity index (χ2v) is 5.01. The van der Waals surface area contributed by atoms with Crippen LogP contribution in [-0.4, -0.2) is 20.6 Å². The summed E-state index contributed by atoms with van der Waals surface area (Å²) in [5.41, 5.74) is 3.34. The summed E-state index contributed by atoms with van der Waals surface area (Å²) in [6, 6.07) is 6.01. The third-order valence-corrected chi connectivity index (χ3v) is 3.43. The van der Waals surface area contributed by atoms with Gasteiger partial charge in [0.15, 0.2) is 5.69 Å². The summed E-state index contributed by atoms with van der Waals surface area (Å²) < 4.78 is 1.94. The minimum Gasteiger partial charge on any atom is -0.476 e. The van der Waals surface area contributed by atoms with Crippen molar-refractivity contribution in [3.63, 3.8) is 0 Å². The Morgan fingerprint density at radius 3 is 2.56 bits per heavy atom. The number of imidazole rings is 1. The number of halogens is 1. The fraction of sp³-hybridized carbons (Fsp3) is 0.231. The number of rotatable bonds is 2. The summed E-state index contributed by atoms with van der Waals surface area (Å²) in [6.07, 6.45) is 0. The van der Waals surface area contributed by atoms with Crippen LogP contribution >= 0.6 is 15.9 Å². The largest absolute Gasteiger partial charge is 0.476 e. The molecule has 2 aromatic rings. The minimum atomic E-state index is -0.993. The zero-order valence-corrected chi connectivity index (χ0v) is 11.9. The number of aryl methyl sites for hydroxylation is 2. The monoisotopic (exact) mass is 308 g/mol. The van der Waals surface area contributed by atoms with Crippen LogP contribution in [0.2, 0.25) is 0 Å². The van der Waals surface area contributed by atoms with E-state index in [2.05, 4.69) is 27.0 Å². The molecule has 18 heavy (non-hydrogen) atoms. The molecule has 1 N–H and O–H groups in total. The van der Waals surface area contributed by atoms with Gasteiger partial charge in [-0.2, -0.15) is 0 Å². The van der Waals surface area contributed by atoms with E-state index in [1.54, 1.807) is 11.6 Å². The van der Waals surface area contributed by atoms with Gasteiger partial charge >= 0.3 is 5.97 Å². The molecule has 1 aromatic carbocycles. The molecule has 0 aliphatic heterocycles. The maximum atomic E-state index is 11.1. The van der Waals surface area contributed by atoms with Crippen molar-refractivity contribution in [3.8, 4) is 11.4 Å². The first-order valence-electron chi connectivity index (χ1n) is 5.45. The van der Waals surface area contributed by atoms with Crippen molar-refractivity contribution in [3.05, 3.63) is 39.6 Å². The molecule has 1 aromatic heterocycles. The molecule has 1 heterocycles. The SMILES string of the molecule is Cc1ccc(-c2nc(Br)c(C(=O)O)n2C)c(C)c1. The van der Waals surface area contributed by atoms with Crippen LogP contribution in [0.3, 0.4) is 0 Å². The summed E-state index contributed by atoms with van der Waals surface area (Å²) in [5.74, 6) is -0.343. The molecule has 2 rings (SSSR count). The first kappa shape index (κ1) is 12.8. The number of carbonyl (C=O) groups is 1. The average Bonchev–Trinajstić information content (AvgIpc) is 2.54. The summed E-state index contributed by atoms with van der Waals surface area (Å²) in [7, 11) is 1.70. The van der Waals surface area contributed by atoms with Crippen molar-refractivity contribution in [2.75, 3.05) is 0 Å². The zero-order valence-electron chi connectivity index (χ0n) is 10.4. The highest BCUT2D eigenvalue weighted by atomic mass is 79.9. The molecule has 4 nitrogen and oxygen atoms in total. The third-order valence-electron chi connectivity index (χ3n) is 2.88. The van der Waals surface area contributed by atoms with E-state index in [-0.39, 0.29) is 5.69 Å². The molecule has 0 aliphatic rings. The van der Waals surface area contributed by atoms with Crippen LogP contribution < -0.4 is 0 Å². The Bertz CT molecular complexity index is 632. The molecule has 0 bridgehead atoms.